The minimum absolute atomic E-state index is 0.0864. The summed E-state index contributed by atoms with van der Waals surface area (Å²) in [6.45, 7) is 8.82. The number of anilines is 1. The molecule has 1 heterocycles. The molecule has 1 unspecified atom stereocenters. The highest BCUT2D eigenvalue weighted by atomic mass is 16.5. The van der Waals surface area contributed by atoms with Crippen LogP contribution in [0.1, 0.15) is 18.9 Å². The number of carbonyl (C=O) groups is 1. The van der Waals surface area contributed by atoms with E-state index in [0.29, 0.717) is 19.6 Å². The molecule has 0 aliphatic carbocycles. The topological polar surface area (TPSA) is 53.6 Å². The molecule has 1 aromatic rings. The zero-order chi connectivity index (χ0) is 15.8. The number of hydrogen-bond donors (Lipinski definition) is 2. The van der Waals surface area contributed by atoms with Crippen LogP contribution in [-0.4, -0.2) is 51.3 Å². The molecule has 2 rings (SSSR count). The highest BCUT2D eigenvalue weighted by Crippen LogP contribution is 2.14. The van der Waals surface area contributed by atoms with Gasteiger partial charge in [0, 0.05) is 44.3 Å². The van der Waals surface area contributed by atoms with E-state index >= 15 is 0 Å². The summed E-state index contributed by atoms with van der Waals surface area (Å²) < 4.78 is 5.36. The largest absolute Gasteiger partial charge is 0.378 e. The molecule has 1 aliphatic rings. The first-order valence-corrected chi connectivity index (χ1v) is 8.08. The zero-order valence-corrected chi connectivity index (χ0v) is 13.6. The number of nitrogens with zero attached hydrogens (tertiary/aromatic N) is 1. The average molecular weight is 305 g/mol. The Kier molecular flexibility index (Phi) is 6.68. The van der Waals surface area contributed by atoms with Crippen LogP contribution < -0.4 is 15.5 Å². The van der Waals surface area contributed by atoms with Gasteiger partial charge in [0.2, 0.25) is 5.91 Å². The molecule has 0 saturated carbocycles. The molecule has 1 aromatic carbocycles. The first kappa shape index (κ1) is 16.8. The zero-order valence-electron chi connectivity index (χ0n) is 13.6. The molecule has 2 N–H and O–H groups in total. The number of ether oxygens (including phenoxy) is 1. The van der Waals surface area contributed by atoms with Crippen molar-refractivity contribution < 1.29 is 9.53 Å². The maximum atomic E-state index is 11.9. The number of aryl methyl sites for hydroxylation is 1. The fraction of sp³-hybridized carbons (Fsp3) is 0.588. The molecule has 1 saturated heterocycles. The van der Waals surface area contributed by atoms with Crippen LogP contribution in [0.15, 0.2) is 24.3 Å². The van der Waals surface area contributed by atoms with E-state index in [0.717, 1.165) is 26.2 Å². The Morgan fingerprint density at radius 2 is 2.36 bits per heavy atom. The lowest BCUT2D eigenvalue weighted by Gasteiger charge is -2.25. The van der Waals surface area contributed by atoms with Crippen molar-refractivity contribution in [3.63, 3.8) is 0 Å². The molecule has 0 aromatic heterocycles. The summed E-state index contributed by atoms with van der Waals surface area (Å²) >= 11 is 0. The van der Waals surface area contributed by atoms with Crippen molar-refractivity contribution in [1.29, 1.82) is 0 Å². The highest BCUT2D eigenvalue weighted by Gasteiger charge is 2.16. The predicted molar refractivity (Wildman–Crippen MR) is 89.3 cm³/mol. The van der Waals surface area contributed by atoms with Crippen LogP contribution in [0, 0.1) is 6.92 Å². The van der Waals surface area contributed by atoms with Crippen molar-refractivity contribution >= 4 is 11.6 Å². The monoisotopic (exact) mass is 305 g/mol. The molecule has 5 heteroatoms. The minimum atomic E-state index is 0.0864. The number of carbonyl (C=O) groups excluding carboxylic acids is 1. The minimum Gasteiger partial charge on any atom is -0.378 e. The van der Waals surface area contributed by atoms with Crippen LogP contribution in [0.25, 0.3) is 0 Å². The SMILES string of the molecule is CCN(CCNC(=O)CC1COCCN1)c1cccc(C)c1. The van der Waals surface area contributed by atoms with E-state index in [2.05, 4.69) is 53.6 Å². The van der Waals surface area contributed by atoms with E-state index in [9.17, 15) is 4.79 Å². The standard InChI is InChI=1S/C17H27N3O2/c1-3-20(16-6-4-5-14(2)11-16)9-7-19-17(21)12-15-13-22-10-8-18-15/h4-6,11,15,18H,3,7-10,12-13H2,1-2H3,(H,19,21). The molecule has 1 atom stereocenters. The number of morpholine rings is 1. The van der Waals surface area contributed by atoms with Gasteiger partial charge in [-0.25, -0.2) is 0 Å². The van der Waals surface area contributed by atoms with Gasteiger partial charge in [0.05, 0.1) is 13.2 Å². The fourth-order valence-corrected chi connectivity index (χ4v) is 2.67. The Morgan fingerprint density at radius 3 is 3.05 bits per heavy atom. The highest BCUT2D eigenvalue weighted by molar-refractivity contribution is 5.76. The second-order valence-electron chi connectivity index (χ2n) is 5.70. The average Bonchev–Trinajstić information content (AvgIpc) is 2.52. The number of likely N-dealkylation sites (N-methyl/N-ethyl adjacent to an activating group) is 1. The van der Waals surface area contributed by atoms with Gasteiger partial charge >= 0.3 is 0 Å². The van der Waals surface area contributed by atoms with Crippen molar-refractivity contribution in [3.8, 4) is 0 Å². The molecule has 1 amide bonds. The molecule has 22 heavy (non-hydrogen) atoms. The molecular formula is C17H27N3O2. The second-order valence-corrected chi connectivity index (χ2v) is 5.70. The number of hydrogen-bond acceptors (Lipinski definition) is 4. The second kappa shape index (κ2) is 8.76. The van der Waals surface area contributed by atoms with Crippen LogP contribution in [-0.2, 0) is 9.53 Å². The summed E-state index contributed by atoms with van der Waals surface area (Å²) in [7, 11) is 0. The van der Waals surface area contributed by atoms with Crippen molar-refractivity contribution in [2.75, 3.05) is 44.3 Å². The summed E-state index contributed by atoms with van der Waals surface area (Å²) in [4.78, 5) is 14.2. The van der Waals surface area contributed by atoms with Crippen molar-refractivity contribution in [3.05, 3.63) is 29.8 Å². The summed E-state index contributed by atoms with van der Waals surface area (Å²) in [5, 5.41) is 6.30. The van der Waals surface area contributed by atoms with E-state index in [1.54, 1.807) is 0 Å². The lowest BCUT2D eigenvalue weighted by Crippen LogP contribution is -2.45. The molecule has 0 bridgehead atoms. The number of benzene rings is 1. The van der Waals surface area contributed by atoms with Gasteiger partial charge in [0.1, 0.15) is 0 Å². The molecule has 0 radical (unpaired) electrons. The fourth-order valence-electron chi connectivity index (χ4n) is 2.67. The summed E-state index contributed by atoms with van der Waals surface area (Å²) in [5.74, 6) is 0.0864. The summed E-state index contributed by atoms with van der Waals surface area (Å²) in [6.07, 6.45) is 0.483. The summed E-state index contributed by atoms with van der Waals surface area (Å²) in [6, 6.07) is 8.60. The maximum Gasteiger partial charge on any atom is 0.221 e. The van der Waals surface area contributed by atoms with Gasteiger partial charge in [0.15, 0.2) is 0 Å². The third-order valence-electron chi connectivity index (χ3n) is 3.88. The quantitative estimate of drug-likeness (QED) is 0.798. The van der Waals surface area contributed by atoms with Crippen molar-refractivity contribution in [1.82, 2.24) is 10.6 Å². The normalized spacial score (nSPS) is 18.0. The Morgan fingerprint density at radius 1 is 1.50 bits per heavy atom. The third-order valence-corrected chi connectivity index (χ3v) is 3.88. The molecule has 0 spiro atoms. The first-order valence-electron chi connectivity index (χ1n) is 8.08. The molecule has 1 fully saturated rings. The van der Waals surface area contributed by atoms with Gasteiger partial charge in [-0.15, -0.1) is 0 Å². The van der Waals surface area contributed by atoms with Gasteiger partial charge in [-0.3, -0.25) is 4.79 Å². The smallest absolute Gasteiger partial charge is 0.221 e. The van der Waals surface area contributed by atoms with E-state index in [1.807, 2.05) is 0 Å². The van der Waals surface area contributed by atoms with Crippen molar-refractivity contribution in [2.45, 2.75) is 26.3 Å². The Labute approximate surface area is 133 Å². The summed E-state index contributed by atoms with van der Waals surface area (Å²) in [5.41, 5.74) is 2.46. The lowest BCUT2D eigenvalue weighted by atomic mass is 10.2. The van der Waals surface area contributed by atoms with Gasteiger partial charge < -0.3 is 20.3 Å². The van der Waals surface area contributed by atoms with Gasteiger partial charge in [-0.05, 0) is 31.5 Å². The molecular weight excluding hydrogens is 278 g/mol. The number of amides is 1. The van der Waals surface area contributed by atoms with E-state index < -0.39 is 0 Å². The Balaban J connectivity index is 1.72. The maximum absolute atomic E-state index is 11.9. The van der Waals surface area contributed by atoms with E-state index in [1.165, 1.54) is 11.3 Å². The Hall–Kier alpha value is -1.59. The Bertz CT molecular complexity index is 473. The predicted octanol–water partition coefficient (Wildman–Crippen LogP) is 1.32. The molecule has 122 valence electrons. The van der Waals surface area contributed by atoms with Crippen LogP contribution in [0.5, 0.6) is 0 Å². The van der Waals surface area contributed by atoms with Crippen LogP contribution >= 0.6 is 0 Å². The van der Waals surface area contributed by atoms with Gasteiger partial charge in [-0.2, -0.15) is 0 Å². The molecule has 5 nitrogen and oxygen atoms in total. The lowest BCUT2D eigenvalue weighted by molar-refractivity contribution is -0.122. The van der Waals surface area contributed by atoms with E-state index in [-0.39, 0.29) is 11.9 Å². The van der Waals surface area contributed by atoms with E-state index in [4.69, 9.17) is 4.74 Å². The first-order chi connectivity index (χ1) is 10.7. The van der Waals surface area contributed by atoms with Gasteiger partial charge in [-0.1, -0.05) is 12.1 Å². The third kappa shape index (κ3) is 5.31. The van der Waals surface area contributed by atoms with Gasteiger partial charge in [0.25, 0.3) is 0 Å². The van der Waals surface area contributed by atoms with Crippen molar-refractivity contribution in [2.24, 2.45) is 0 Å². The van der Waals surface area contributed by atoms with Crippen LogP contribution in [0.3, 0.4) is 0 Å². The number of rotatable bonds is 7. The van der Waals surface area contributed by atoms with Crippen LogP contribution in [0.2, 0.25) is 0 Å². The number of nitrogens with one attached hydrogen (secondary N) is 2. The van der Waals surface area contributed by atoms with Crippen LogP contribution in [0.4, 0.5) is 5.69 Å². The molecule has 1 aliphatic heterocycles.